The average Bonchev–Trinajstić information content (AvgIpc) is 3.52. The molecule has 26 heavy (non-hydrogen) atoms. The van der Waals surface area contributed by atoms with E-state index in [0.717, 1.165) is 12.2 Å². The Hall–Kier alpha value is -2.62. The smallest absolute Gasteiger partial charge is 0.193 e. The lowest BCUT2D eigenvalue weighted by molar-refractivity contribution is 0.103. The van der Waals surface area contributed by atoms with Crippen LogP contribution in [-0.2, 0) is 11.3 Å². The largest absolute Gasteiger partial charge is 0.489 e. The maximum Gasteiger partial charge on any atom is 0.193 e. The van der Waals surface area contributed by atoms with E-state index in [4.69, 9.17) is 21.1 Å². The van der Waals surface area contributed by atoms with Crippen LogP contribution in [0.5, 0.6) is 5.75 Å². The molecule has 3 aromatic rings. The van der Waals surface area contributed by atoms with Gasteiger partial charge in [0.25, 0.3) is 0 Å². The van der Waals surface area contributed by atoms with E-state index < -0.39 is 0 Å². The number of hydrogen-bond acceptors (Lipinski definition) is 3. The third-order valence-electron chi connectivity index (χ3n) is 4.26. The quantitative estimate of drug-likeness (QED) is 0.444. The van der Waals surface area contributed by atoms with Crippen molar-refractivity contribution in [3.05, 3.63) is 100 Å². The zero-order valence-corrected chi connectivity index (χ0v) is 14.8. The summed E-state index contributed by atoms with van der Waals surface area (Å²) in [6, 6.07) is 22.3. The van der Waals surface area contributed by atoms with Crippen LogP contribution in [0, 0.1) is 0 Å². The van der Waals surface area contributed by atoms with Crippen molar-refractivity contribution in [1.29, 1.82) is 0 Å². The van der Waals surface area contributed by atoms with Gasteiger partial charge in [-0.2, -0.15) is 0 Å². The monoisotopic (exact) mass is 364 g/mol. The highest BCUT2D eigenvalue weighted by atomic mass is 35.5. The summed E-state index contributed by atoms with van der Waals surface area (Å²) in [7, 11) is 0. The van der Waals surface area contributed by atoms with Gasteiger partial charge >= 0.3 is 0 Å². The second-order valence-corrected chi connectivity index (χ2v) is 6.66. The summed E-state index contributed by atoms with van der Waals surface area (Å²) >= 11 is 5.88. The van der Waals surface area contributed by atoms with Crippen molar-refractivity contribution >= 4 is 17.4 Å². The number of rotatable bonds is 6. The van der Waals surface area contributed by atoms with E-state index >= 15 is 0 Å². The molecule has 1 aliphatic rings. The first-order chi connectivity index (χ1) is 12.7. The van der Waals surface area contributed by atoms with Crippen molar-refractivity contribution < 1.29 is 14.3 Å². The number of hydrogen-bond donors (Lipinski definition) is 0. The van der Waals surface area contributed by atoms with E-state index in [-0.39, 0.29) is 11.9 Å². The van der Waals surface area contributed by atoms with E-state index in [1.165, 1.54) is 5.56 Å². The summed E-state index contributed by atoms with van der Waals surface area (Å²) in [5.41, 5.74) is 3.44. The van der Waals surface area contributed by atoms with Gasteiger partial charge in [0.05, 0.1) is 6.61 Å². The third kappa shape index (κ3) is 3.96. The van der Waals surface area contributed by atoms with Crippen molar-refractivity contribution in [2.24, 2.45) is 0 Å². The van der Waals surface area contributed by atoms with E-state index in [1.807, 2.05) is 24.3 Å². The number of ketones is 1. The molecule has 1 fully saturated rings. The number of halogens is 1. The number of carbonyl (C=O) groups is 1. The van der Waals surface area contributed by atoms with Gasteiger partial charge in [0.15, 0.2) is 5.78 Å². The van der Waals surface area contributed by atoms with Crippen LogP contribution in [-0.4, -0.2) is 12.4 Å². The molecule has 0 unspecified atom stereocenters. The van der Waals surface area contributed by atoms with Gasteiger partial charge in [0.1, 0.15) is 18.5 Å². The Balaban J connectivity index is 1.46. The Morgan fingerprint density at radius 1 is 1.00 bits per heavy atom. The highest BCUT2D eigenvalue weighted by Crippen LogP contribution is 2.30. The third-order valence-corrected chi connectivity index (χ3v) is 4.52. The molecule has 0 spiro atoms. The van der Waals surface area contributed by atoms with Crippen molar-refractivity contribution in [2.75, 3.05) is 6.61 Å². The molecule has 1 saturated heterocycles. The molecule has 0 aliphatic carbocycles. The molecule has 3 aromatic carbocycles. The first-order valence-corrected chi connectivity index (χ1v) is 8.80. The van der Waals surface area contributed by atoms with Gasteiger partial charge in [-0.3, -0.25) is 4.79 Å². The summed E-state index contributed by atoms with van der Waals surface area (Å²) in [5, 5.41) is 0.609. The summed E-state index contributed by atoms with van der Waals surface area (Å²) in [5.74, 6) is 0.609. The van der Waals surface area contributed by atoms with Gasteiger partial charge in [-0.25, -0.2) is 0 Å². The molecule has 1 aliphatic heterocycles. The molecule has 0 N–H and O–H groups in total. The van der Waals surface area contributed by atoms with Crippen LogP contribution in [0.1, 0.15) is 33.2 Å². The molecule has 1 atom stereocenters. The summed E-state index contributed by atoms with van der Waals surface area (Å²) in [4.78, 5) is 12.6. The van der Waals surface area contributed by atoms with Crippen molar-refractivity contribution in [2.45, 2.75) is 12.7 Å². The van der Waals surface area contributed by atoms with Crippen molar-refractivity contribution in [1.82, 2.24) is 0 Å². The van der Waals surface area contributed by atoms with Crippen LogP contribution < -0.4 is 4.74 Å². The Labute approximate surface area is 157 Å². The zero-order chi connectivity index (χ0) is 17.9. The molecule has 0 saturated carbocycles. The molecule has 3 nitrogen and oxygen atoms in total. The predicted molar refractivity (Wildman–Crippen MR) is 101 cm³/mol. The Bertz CT molecular complexity index is 930. The average molecular weight is 365 g/mol. The second-order valence-electron chi connectivity index (χ2n) is 6.22. The Kier molecular flexibility index (Phi) is 4.74. The summed E-state index contributed by atoms with van der Waals surface area (Å²) in [6.45, 7) is 1.23. The minimum atomic E-state index is -0.0556. The van der Waals surface area contributed by atoms with Crippen LogP contribution in [0.25, 0.3) is 0 Å². The maximum absolute atomic E-state index is 12.6. The fourth-order valence-corrected chi connectivity index (χ4v) is 2.91. The van der Waals surface area contributed by atoms with Crippen LogP contribution in [0.15, 0.2) is 72.8 Å². The molecule has 0 radical (unpaired) electrons. The zero-order valence-electron chi connectivity index (χ0n) is 14.0. The number of benzene rings is 3. The minimum absolute atomic E-state index is 0.0556. The lowest BCUT2D eigenvalue weighted by atomic mass is 10.0. The van der Waals surface area contributed by atoms with Crippen LogP contribution in [0.2, 0.25) is 5.02 Å². The molecule has 0 bridgehead atoms. The lowest BCUT2D eigenvalue weighted by Crippen LogP contribution is -2.02. The second kappa shape index (κ2) is 7.32. The molecule has 1 heterocycles. The fourth-order valence-electron chi connectivity index (χ4n) is 2.79. The first-order valence-electron chi connectivity index (χ1n) is 8.42. The molecule has 4 rings (SSSR count). The Morgan fingerprint density at radius 3 is 2.54 bits per heavy atom. The predicted octanol–water partition coefficient (Wildman–Crippen LogP) is 5.22. The van der Waals surface area contributed by atoms with Gasteiger partial charge in [0.2, 0.25) is 0 Å². The van der Waals surface area contributed by atoms with E-state index in [2.05, 4.69) is 12.1 Å². The van der Waals surface area contributed by atoms with Crippen LogP contribution in [0.3, 0.4) is 0 Å². The van der Waals surface area contributed by atoms with Crippen molar-refractivity contribution in [3.8, 4) is 5.75 Å². The molecular formula is C22H17ClO3. The first kappa shape index (κ1) is 16.8. The molecule has 0 aromatic heterocycles. The number of epoxide rings is 1. The molecule has 0 amide bonds. The molecule has 130 valence electrons. The Morgan fingerprint density at radius 2 is 1.77 bits per heavy atom. The van der Waals surface area contributed by atoms with Crippen LogP contribution in [0.4, 0.5) is 0 Å². The minimum Gasteiger partial charge on any atom is -0.489 e. The normalized spacial score (nSPS) is 15.5. The van der Waals surface area contributed by atoms with Gasteiger partial charge in [-0.15, -0.1) is 0 Å². The van der Waals surface area contributed by atoms with Crippen LogP contribution >= 0.6 is 11.6 Å². The summed E-state index contributed by atoms with van der Waals surface area (Å²) in [6.07, 6.45) is 0.232. The molecular weight excluding hydrogens is 348 g/mol. The maximum atomic E-state index is 12.6. The van der Waals surface area contributed by atoms with Gasteiger partial charge < -0.3 is 9.47 Å². The van der Waals surface area contributed by atoms with E-state index in [0.29, 0.717) is 28.5 Å². The summed E-state index contributed by atoms with van der Waals surface area (Å²) < 4.78 is 11.2. The molecule has 4 heteroatoms. The van der Waals surface area contributed by atoms with Gasteiger partial charge in [-0.1, -0.05) is 41.9 Å². The SMILES string of the molecule is O=C(c1ccc(Cl)cc1)c1cccc(OCc2cccc([C@@H]3CO3)c2)c1. The van der Waals surface area contributed by atoms with Gasteiger partial charge in [-0.05, 0) is 53.6 Å². The van der Waals surface area contributed by atoms with E-state index in [1.54, 1.807) is 36.4 Å². The standard InChI is InChI=1S/C22H17ClO3/c23-19-9-7-16(8-10-19)22(24)18-5-2-6-20(12-18)25-13-15-3-1-4-17(11-15)21-14-26-21/h1-12,21H,13-14H2/t21-/m0/s1. The number of carbonyl (C=O) groups excluding carboxylic acids is 1. The lowest BCUT2D eigenvalue weighted by Gasteiger charge is -2.09. The highest BCUT2D eigenvalue weighted by Gasteiger charge is 2.24. The van der Waals surface area contributed by atoms with E-state index in [9.17, 15) is 4.79 Å². The van der Waals surface area contributed by atoms with Crippen molar-refractivity contribution in [3.63, 3.8) is 0 Å². The van der Waals surface area contributed by atoms with Gasteiger partial charge in [0, 0.05) is 16.1 Å². The topological polar surface area (TPSA) is 38.8 Å². The number of ether oxygens (including phenoxy) is 2. The fraction of sp³-hybridized carbons (Fsp3) is 0.136. The highest BCUT2D eigenvalue weighted by molar-refractivity contribution is 6.30.